The molecule has 6 nitrogen and oxygen atoms in total. The molecule has 2 aliphatic rings. The van der Waals surface area contributed by atoms with Crippen molar-refractivity contribution in [3.63, 3.8) is 0 Å². The summed E-state index contributed by atoms with van der Waals surface area (Å²) in [6.07, 6.45) is 1.60. The zero-order valence-corrected chi connectivity index (χ0v) is 16.7. The van der Waals surface area contributed by atoms with Crippen LogP contribution in [0.15, 0.2) is 101 Å². The third kappa shape index (κ3) is 2.84. The van der Waals surface area contributed by atoms with Gasteiger partial charge in [0.25, 0.3) is 0 Å². The second-order valence-electron chi connectivity index (χ2n) is 7.67. The Balaban J connectivity index is 1.49. The molecule has 150 valence electrons. The molecule has 2 aliphatic heterocycles. The number of aliphatic imine (C=N–C) groups is 1. The molecule has 1 aromatic heterocycles. The molecule has 6 heteroatoms. The number of nitrogens with one attached hydrogen (secondary N) is 1. The topological polar surface area (TPSA) is 82.7 Å². The van der Waals surface area contributed by atoms with E-state index in [2.05, 4.69) is 17.1 Å². The SMILES string of the molecule is NC1=C(c2nc3ccccc3[nH]2)C=NC2C1C(c1ccccc1)=NN2c1ccccc1. The summed E-state index contributed by atoms with van der Waals surface area (Å²) in [5.41, 5.74) is 13.2. The van der Waals surface area contributed by atoms with E-state index in [-0.39, 0.29) is 12.1 Å². The number of nitrogens with two attached hydrogens (primary N) is 1. The van der Waals surface area contributed by atoms with Gasteiger partial charge in [-0.2, -0.15) is 5.10 Å². The third-order valence-electron chi connectivity index (χ3n) is 5.80. The van der Waals surface area contributed by atoms with E-state index >= 15 is 0 Å². The van der Waals surface area contributed by atoms with Gasteiger partial charge in [0.15, 0.2) is 6.17 Å². The van der Waals surface area contributed by atoms with Crippen LogP contribution in [0.1, 0.15) is 11.4 Å². The molecule has 0 saturated carbocycles. The maximum Gasteiger partial charge on any atom is 0.156 e. The lowest BCUT2D eigenvalue weighted by Crippen LogP contribution is -2.38. The van der Waals surface area contributed by atoms with Crippen LogP contribution < -0.4 is 10.7 Å². The second-order valence-corrected chi connectivity index (χ2v) is 7.67. The van der Waals surface area contributed by atoms with Crippen molar-refractivity contribution in [1.29, 1.82) is 0 Å². The van der Waals surface area contributed by atoms with Crippen LogP contribution in [0.4, 0.5) is 5.69 Å². The molecule has 4 aromatic rings. The molecule has 3 aromatic carbocycles. The summed E-state index contributed by atoms with van der Waals surface area (Å²) in [5.74, 6) is 0.558. The van der Waals surface area contributed by atoms with Crippen LogP contribution in [0.2, 0.25) is 0 Å². The van der Waals surface area contributed by atoms with Crippen LogP contribution in [-0.4, -0.2) is 28.1 Å². The molecule has 3 heterocycles. The molecule has 0 spiro atoms. The fourth-order valence-corrected chi connectivity index (χ4v) is 4.29. The van der Waals surface area contributed by atoms with Crippen LogP contribution in [-0.2, 0) is 0 Å². The van der Waals surface area contributed by atoms with E-state index in [1.165, 1.54) is 0 Å². The van der Waals surface area contributed by atoms with Gasteiger partial charge < -0.3 is 10.7 Å². The number of imidazole rings is 1. The molecule has 31 heavy (non-hydrogen) atoms. The van der Waals surface area contributed by atoms with Gasteiger partial charge in [0.2, 0.25) is 0 Å². The molecule has 0 radical (unpaired) electrons. The Kier molecular flexibility index (Phi) is 3.96. The first-order chi connectivity index (χ1) is 15.3. The Morgan fingerprint density at radius 1 is 0.839 bits per heavy atom. The highest BCUT2D eigenvalue weighted by Crippen LogP contribution is 2.38. The van der Waals surface area contributed by atoms with Crippen molar-refractivity contribution in [1.82, 2.24) is 9.97 Å². The average molecular weight is 404 g/mol. The predicted octanol–water partition coefficient (Wildman–Crippen LogP) is 4.18. The molecule has 0 bridgehead atoms. The molecule has 2 atom stereocenters. The molecular weight excluding hydrogens is 384 g/mol. The normalized spacial score (nSPS) is 20.3. The number of nitrogens with zero attached hydrogens (tertiary/aromatic N) is 4. The van der Waals surface area contributed by atoms with Crippen molar-refractivity contribution in [3.05, 3.63) is 102 Å². The number of fused-ring (bicyclic) bond motifs is 2. The number of hydrogen-bond acceptors (Lipinski definition) is 5. The van der Waals surface area contributed by atoms with Crippen molar-refractivity contribution in [2.75, 3.05) is 5.01 Å². The fraction of sp³-hybridized carbons (Fsp3) is 0.0800. The first-order valence-corrected chi connectivity index (χ1v) is 10.3. The molecule has 3 N–H and O–H groups in total. The summed E-state index contributed by atoms with van der Waals surface area (Å²) in [4.78, 5) is 13.0. The van der Waals surface area contributed by atoms with E-state index in [1.807, 2.05) is 84.0 Å². The highest BCUT2D eigenvalue weighted by Gasteiger charge is 2.43. The Bertz CT molecular complexity index is 1320. The molecule has 0 fully saturated rings. The minimum atomic E-state index is -0.231. The van der Waals surface area contributed by atoms with Crippen molar-refractivity contribution in [2.24, 2.45) is 21.7 Å². The highest BCUT2D eigenvalue weighted by atomic mass is 15.5. The number of para-hydroxylation sites is 3. The number of hydrogen-bond donors (Lipinski definition) is 2. The summed E-state index contributed by atoms with van der Waals surface area (Å²) in [6, 6.07) is 28.2. The van der Waals surface area contributed by atoms with E-state index in [1.54, 1.807) is 0 Å². The summed E-state index contributed by atoms with van der Waals surface area (Å²) in [5, 5.41) is 6.95. The van der Waals surface area contributed by atoms with Gasteiger partial charge in [-0.25, -0.2) is 9.99 Å². The van der Waals surface area contributed by atoms with E-state index in [9.17, 15) is 0 Å². The van der Waals surface area contributed by atoms with Crippen molar-refractivity contribution in [2.45, 2.75) is 6.17 Å². The van der Waals surface area contributed by atoms with E-state index < -0.39 is 0 Å². The summed E-state index contributed by atoms with van der Waals surface area (Å²) < 4.78 is 0. The smallest absolute Gasteiger partial charge is 0.156 e. The van der Waals surface area contributed by atoms with Crippen LogP contribution in [0.5, 0.6) is 0 Å². The number of benzene rings is 3. The largest absolute Gasteiger partial charge is 0.401 e. The number of rotatable bonds is 3. The number of allylic oxidation sites excluding steroid dienone is 1. The maximum atomic E-state index is 6.81. The van der Waals surface area contributed by atoms with Crippen LogP contribution in [0, 0.1) is 5.92 Å². The minimum Gasteiger partial charge on any atom is -0.401 e. The van der Waals surface area contributed by atoms with Gasteiger partial charge in [-0.05, 0) is 29.8 Å². The maximum absolute atomic E-state index is 6.81. The average Bonchev–Trinajstić information content (AvgIpc) is 3.43. The van der Waals surface area contributed by atoms with Crippen LogP contribution >= 0.6 is 0 Å². The van der Waals surface area contributed by atoms with Gasteiger partial charge in [0, 0.05) is 11.9 Å². The standard InChI is InChI=1S/C25H20N6/c26-22-18(24-28-19-13-7-8-14-20(19)29-24)15-27-25-21(22)23(16-9-3-1-4-10-16)30-31(25)17-11-5-2-6-12-17/h1-15,21,25H,26H2,(H,28,29). The van der Waals surface area contributed by atoms with Gasteiger partial charge in [-0.3, -0.25) is 4.99 Å². The van der Waals surface area contributed by atoms with Crippen molar-refractivity contribution in [3.8, 4) is 0 Å². The second kappa shape index (κ2) is 6.95. The lowest BCUT2D eigenvalue weighted by atomic mass is 9.88. The van der Waals surface area contributed by atoms with Gasteiger partial charge in [0.1, 0.15) is 5.82 Å². The van der Waals surface area contributed by atoms with Crippen LogP contribution in [0.25, 0.3) is 16.6 Å². The van der Waals surface area contributed by atoms with Crippen molar-refractivity contribution < 1.29 is 0 Å². The Morgan fingerprint density at radius 3 is 2.32 bits per heavy atom. The molecule has 0 saturated heterocycles. The summed E-state index contributed by atoms with van der Waals surface area (Å²) in [7, 11) is 0. The number of aromatic amines is 1. The zero-order chi connectivity index (χ0) is 20.8. The summed E-state index contributed by atoms with van der Waals surface area (Å²) in [6.45, 7) is 0. The number of dihydropyridines is 1. The van der Waals surface area contributed by atoms with E-state index in [4.69, 9.17) is 20.8 Å². The van der Waals surface area contributed by atoms with Gasteiger partial charge in [0.05, 0.1) is 33.9 Å². The quantitative estimate of drug-likeness (QED) is 0.537. The van der Waals surface area contributed by atoms with E-state index in [0.717, 1.165) is 45.1 Å². The number of anilines is 1. The van der Waals surface area contributed by atoms with Gasteiger partial charge >= 0.3 is 0 Å². The van der Waals surface area contributed by atoms with Crippen molar-refractivity contribution >= 4 is 34.2 Å². The van der Waals surface area contributed by atoms with Gasteiger partial charge in [-0.15, -0.1) is 0 Å². The summed E-state index contributed by atoms with van der Waals surface area (Å²) >= 11 is 0. The lowest BCUT2D eigenvalue weighted by Gasteiger charge is -2.28. The number of aromatic nitrogens is 2. The molecule has 2 unspecified atom stereocenters. The Hall–Kier alpha value is -4.19. The zero-order valence-electron chi connectivity index (χ0n) is 16.7. The number of H-pyrrole nitrogens is 1. The minimum absolute atomic E-state index is 0.171. The molecular formula is C25H20N6. The van der Waals surface area contributed by atoms with Crippen LogP contribution in [0.3, 0.4) is 0 Å². The van der Waals surface area contributed by atoms with E-state index in [0.29, 0.717) is 0 Å². The lowest BCUT2D eigenvalue weighted by molar-refractivity contribution is 0.593. The first kappa shape index (κ1) is 17.7. The number of hydrazone groups is 1. The Morgan fingerprint density at radius 2 is 1.55 bits per heavy atom. The Labute approximate surface area is 179 Å². The fourth-order valence-electron chi connectivity index (χ4n) is 4.29. The highest BCUT2D eigenvalue weighted by molar-refractivity contribution is 6.16. The molecule has 0 aliphatic carbocycles. The molecule has 0 amide bonds. The first-order valence-electron chi connectivity index (χ1n) is 10.3. The third-order valence-corrected chi connectivity index (χ3v) is 5.80. The monoisotopic (exact) mass is 404 g/mol. The van der Waals surface area contributed by atoms with Gasteiger partial charge in [-0.1, -0.05) is 60.7 Å². The predicted molar refractivity (Wildman–Crippen MR) is 125 cm³/mol. The molecule has 6 rings (SSSR count).